The average molecular weight is 546 g/mol. The lowest BCUT2D eigenvalue weighted by molar-refractivity contribution is 0.0536. The molecule has 1 atom stereocenters. The molecule has 1 unspecified atom stereocenters. The molecule has 1 aromatic rings. The molecule has 1 N–H and O–H groups in total. The molecule has 7 heteroatoms. The second-order valence-corrected chi connectivity index (χ2v) is 8.53. The van der Waals surface area contributed by atoms with Gasteiger partial charge in [0.2, 0.25) is 0 Å². The second-order valence-electron chi connectivity index (χ2n) is 8.53. The van der Waals surface area contributed by atoms with Crippen LogP contribution in [0.3, 0.4) is 0 Å². The molecule has 0 radical (unpaired) electrons. The molecule has 0 bridgehead atoms. The number of nitrogens with one attached hydrogen (secondary N) is 1. The number of rotatable bonds is 10. The second kappa shape index (κ2) is 13.5. The van der Waals surface area contributed by atoms with E-state index in [2.05, 4.69) is 41.4 Å². The number of methoxy groups -OCH3 is 2. The van der Waals surface area contributed by atoms with Crippen molar-refractivity contribution in [3.63, 3.8) is 0 Å². The lowest BCUT2D eigenvalue weighted by atomic mass is 9.78. The molecular weight excluding hydrogens is 505 g/mol. The molecule has 0 spiro atoms. The van der Waals surface area contributed by atoms with Gasteiger partial charge in [-0.05, 0) is 32.3 Å². The Balaban J connectivity index is 0.00000341. The van der Waals surface area contributed by atoms with Gasteiger partial charge >= 0.3 is 0 Å². The Morgan fingerprint density at radius 1 is 1.19 bits per heavy atom. The molecule has 176 valence electrons. The first kappa shape index (κ1) is 26.2. The first-order valence-electron chi connectivity index (χ1n) is 11.5. The van der Waals surface area contributed by atoms with E-state index in [9.17, 15) is 0 Å². The van der Waals surface area contributed by atoms with E-state index in [0.29, 0.717) is 19.1 Å². The van der Waals surface area contributed by atoms with Crippen molar-refractivity contribution >= 4 is 29.9 Å². The van der Waals surface area contributed by atoms with Crippen LogP contribution in [0.15, 0.2) is 29.3 Å². The van der Waals surface area contributed by atoms with Gasteiger partial charge in [-0.3, -0.25) is 4.99 Å². The zero-order valence-electron chi connectivity index (χ0n) is 19.4. The average Bonchev–Trinajstić information content (AvgIpc) is 3.45. The van der Waals surface area contributed by atoms with Gasteiger partial charge in [-0.2, -0.15) is 0 Å². The van der Waals surface area contributed by atoms with Crippen LogP contribution in [0.5, 0.6) is 5.75 Å². The fraction of sp³-hybridized carbons (Fsp3) is 0.708. The molecule has 1 aliphatic carbocycles. The highest BCUT2D eigenvalue weighted by atomic mass is 127. The summed E-state index contributed by atoms with van der Waals surface area (Å²) < 4.78 is 16.5. The number of hydrogen-bond donors (Lipinski definition) is 1. The van der Waals surface area contributed by atoms with Gasteiger partial charge in [-0.1, -0.05) is 31.0 Å². The van der Waals surface area contributed by atoms with Crippen LogP contribution < -0.4 is 10.1 Å². The van der Waals surface area contributed by atoms with Crippen molar-refractivity contribution in [1.29, 1.82) is 0 Å². The summed E-state index contributed by atoms with van der Waals surface area (Å²) in [5.74, 6) is 2.59. The Labute approximate surface area is 205 Å². The van der Waals surface area contributed by atoms with Crippen LogP contribution in [0, 0.1) is 5.92 Å². The summed E-state index contributed by atoms with van der Waals surface area (Å²) in [5, 5.41) is 3.53. The molecule has 2 fully saturated rings. The number of guanidine groups is 1. The Hall–Kier alpha value is -1.06. The number of likely N-dealkylation sites (tertiary alicyclic amines) is 1. The van der Waals surface area contributed by atoms with Crippen LogP contribution in [0.1, 0.15) is 44.6 Å². The van der Waals surface area contributed by atoms with Gasteiger partial charge in [0.25, 0.3) is 0 Å². The molecule has 1 saturated heterocycles. The molecule has 6 nitrogen and oxygen atoms in total. The molecule has 1 heterocycles. The van der Waals surface area contributed by atoms with E-state index in [1.165, 1.54) is 31.2 Å². The van der Waals surface area contributed by atoms with Crippen molar-refractivity contribution in [1.82, 2.24) is 10.2 Å². The van der Waals surface area contributed by atoms with Crippen molar-refractivity contribution in [2.75, 3.05) is 60.2 Å². The lowest BCUT2D eigenvalue weighted by Crippen LogP contribution is -2.41. The standard InChI is InChI=1S/C24H39N3O3.HI/c1-4-25-23(27-14-11-20(17-27)18-30-16-15-28-2)26-19-24(12-7-8-13-24)21-9-5-6-10-22(21)29-3;/h5-6,9-10,20H,4,7-8,11-19H2,1-3H3,(H,25,26);1H. The smallest absolute Gasteiger partial charge is 0.193 e. The predicted molar refractivity (Wildman–Crippen MR) is 137 cm³/mol. The van der Waals surface area contributed by atoms with E-state index < -0.39 is 0 Å². The van der Waals surface area contributed by atoms with E-state index in [4.69, 9.17) is 19.2 Å². The molecule has 0 aromatic heterocycles. The first-order valence-corrected chi connectivity index (χ1v) is 11.5. The van der Waals surface area contributed by atoms with Gasteiger partial charge in [-0.15, -0.1) is 24.0 Å². The van der Waals surface area contributed by atoms with Crippen molar-refractivity contribution in [2.45, 2.75) is 44.4 Å². The quantitative estimate of drug-likeness (QED) is 0.208. The topological polar surface area (TPSA) is 55.3 Å². The van der Waals surface area contributed by atoms with Crippen LogP contribution in [-0.4, -0.2) is 71.1 Å². The maximum absolute atomic E-state index is 5.76. The Morgan fingerprint density at radius 2 is 1.97 bits per heavy atom. The Morgan fingerprint density at radius 3 is 2.68 bits per heavy atom. The summed E-state index contributed by atoms with van der Waals surface area (Å²) in [6.45, 7) is 7.99. The molecule has 1 aliphatic heterocycles. The Kier molecular flexibility index (Phi) is 11.4. The highest BCUT2D eigenvalue weighted by Gasteiger charge is 2.38. The fourth-order valence-corrected chi connectivity index (χ4v) is 4.85. The molecular formula is C24H40IN3O3. The van der Waals surface area contributed by atoms with Crippen molar-refractivity contribution < 1.29 is 14.2 Å². The van der Waals surface area contributed by atoms with Crippen LogP contribution in [0.4, 0.5) is 0 Å². The summed E-state index contributed by atoms with van der Waals surface area (Å²) in [6.07, 6.45) is 6.01. The summed E-state index contributed by atoms with van der Waals surface area (Å²) in [7, 11) is 3.48. The third-order valence-corrected chi connectivity index (χ3v) is 6.48. The summed E-state index contributed by atoms with van der Waals surface area (Å²) in [6, 6.07) is 8.49. The fourth-order valence-electron chi connectivity index (χ4n) is 4.85. The minimum atomic E-state index is 0. The highest BCUT2D eigenvalue weighted by molar-refractivity contribution is 14.0. The minimum Gasteiger partial charge on any atom is -0.496 e. The number of hydrogen-bond acceptors (Lipinski definition) is 4. The van der Waals surface area contributed by atoms with Gasteiger partial charge in [0.05, 0.1) is 33.5 Å². The Bertz CT molecular complexity index is 680. The van der Waals surface area contributed by atoms with Crippen molar-refractivity contribution in [3.8, 4) is 5.75 Å². The van der Waals surface area contributed by atoms with Crippen LogP contribution in [-0.2, 0) is 14.9 Å². The van der Waals surface area contributed by atoms with Gasteiger partial charge in [0.1, 0.15) is 5.75 Å². The molecule has 3 rings (SSSR count). The van der Waals surface area contributed by atoms with Gasteiger partial charge in [0, 0.05) is 43.6 Å². The molecule has 0 amide bonds. The summed E-state index contributed by atoms with van der Waals surface area (Å²) in [5.41, 5.74) is 1.39. The zero-order chi connectivity index (χ0) is 21.2. The van der Waals surface area contributed by atoms with Crippen LogP contribution >= 0.6 is 24.0 Å². The number of aliphatic imine (C=N–C) groups is 1. The van der Waals surface area contributed by atoms with Gasteiger partial charge in [-0.25, -0.2) is 0 Å². The monoisotopic (exact) mass is 545 g/mol. The zero-order valence-corrected chi connectivity index (χ0v) is 21.7. The molecule has 1 saturated carbocycles. The lowest BCUT2D eigenvalue weighted by Gasteiger charge is -2.31. The molecule has 1 aromatic carbocycles. The van der Waals surface area contributed by atoms with E-state index in [1.54, 1.807) is 14.2 Å². The molecule has 31 heavy (non-hydrogen) atoms. The minimum absolute atomic E-state index is 0. The van der Waals surface area contributed by atoms with Gasteiger partial charge in [0.15, 0.2) is 5.96 Å². The number of benzene rings is 1. The summed E-state index contributed by atoms with van der Waals surface area (Å²) in [4.78, 5) is 7.56. The maximum atomic E-state index is 5.76. The number of ether oxygens (including phenoxy) is 3. The highest BCUT2D eigenvalue weighted by Crippen LogP contribution is 2.45. The third kappa shape index (κ3) is 6.96. The number of halogens is 1. The predicted octanol–water partition coefficient (Wildman–Crippen LogP) is 4.08. The third-order valence-electron chi connectivity index (χ3n) is 6.48. The normalized spacial score (nSPS) is 20.5. The summed E-state index contributed by atoms with van der Waals surface area (Å²) >= 11 is 0. The van der Waals surface area contributed by atoms with Gasteiger partial charge < -0.3 is 24.4 Å². The van der Waals surface area contributed by atoms with Crippen LogP contribution in [0.25, 0.3) is 0 Å². The first-order chi connectivity index (χ1) is 14.7. The van der Waals surface area contributed by atoms with E-state index >= 15 is 0 Å². The van der Waals surface area contributed by atoms with Crippen molar-refractivity contribution in [3.05, 3.63) is 29.8 Å². The SMILES string of the molecule is CCNC(=NCC1(c2ccccc2OC)CCCC1)N1CCC(COCCOC)C1.I. The van der Waals surface area contributed by atoms with Crippen LogP contribution in [0.2, 0.25) is 0 Å². The molecule has 2 aliphatic rings. The van der Waals surface area contributed by atoms with E-state index in [-0.39, 0.29) is 29.4 Å². The van der Waals surface area contributed by atoms with E-state index in [0.717, 1.165) is 50.9 Å². The number of para-hydroxylation sites is 1. The maximum Gasteiger partial charge on any atom is 0.193 e. The van der Waals surface area contributed by atoms with E-state index in [1.807, 2.05) is 0 Å². The largest absolute Gasteiger partial charge is 0.496 e. The number of nitrogens with zero attached hydrogens (tertiary/aromatic N) is 2. The van der Waals surface area contributed by atoms with Crippen molar-refractivity contribution in [2.24, 2.45) is 10.9 Å².